The Morgan fingerprint density at radius 1 is 1.27 bits per heavy atom. The third-order valence-electron chi connectivity index (χ3n) is 6.18. The first-order valence-corrected chi connectivity index (χ1v) is 11.6. The molecule has 0 aliphatic carbocycles. The van der Waals surface area contributed by atoms with Gasteiger partial charge in [-0.05, 0) is 43.2 Å². The summed E-state index contributed by atoms with van der Waals surface area (Å²) in [5.41, 5.74) is 7.42. The molecule has 2 aliphatic rings. The van der Waals surface area contributed by atoms with E-state index in [1.807, 2.05) is 24.3 Å². The van der Waals surface area contributed by atoms with Gasteiger partial charge in [0, 0.05) is 23.0 Å². The molecule has 5 atom stereocenters. The third-order valence-corrected chi connectivity index (χ3v) is 6.90. The fraction of sp³-hybridized carbons (Fsp3) is 0.652. The Labute approximate surface area is 187 Å². The van der Waals surface area contributed by atoms with E-state index in [2.05, 4.69) is 36.7 Å². The van der Waals surface area contributed by atoms with Crippen LogP contribution in [-0.2, 0) is 19.1 Å². The Bertz CT molecular complexity index is 773. The number of hydrogen-bond acceptors (Lipinski definition) is 5. The lowest BCUT2D eigenvalue weighted by Crippen LogP contribution is -2.51. The SMILES string of the molecule is CCOC(=O)[C@@H]1[C@@H](C(C)(C)C)[C@H](N)[C@H](c2ccccc2Br)N1C(=O)[C@@H]1CCCCO1. The summed E-state index contributed by atoms with van der Waals surface area (Å²) >= 11 is 3.62. The molecule has 6 nitrogen and oxygen atoms in total. The van der Waals surface area contributed by atoms with Crippen molar-refractivity contribution in [2.75, 3.05) is 13.2 Å². The van der Waals surface area contributed by atoms with Gasteiger partial charge in [0.1, 0.15) is 12.1 Å². The van der Waals surface area contributed by atoms with Crippen molar-refractivity contribution in [2.45, 2.75) is 71.2 Å². The Morgan fingerprint density at radius 3 is 2.53 bits per heavy atom. The van der Waals surface area contributed by atoms with Crippen molar-refractivity contribution in [3.63, 3.8) is 0 Å². The van der Waals surface area contributed by atoms with E-state index in [1.54, 1.807) is 11.8 Å². The minimum absolute atomic E-state index is 0.171. The van der Waals surface area contributed by atoms with Gasteiger partial charge in [0.2, 0.25) is 0 Å². The second-order valence-corrected chi connectivity index (χ2v) is 10.1. The van der Waals surface area contributed by atoms with Gasteiger partial charge >= 0.3 is 5.97 Å². The van der Waals surface area contributed by atoms with Gasteiger partial charge in [-0.1, -0.05) is 54.9 Å². The molecule has 0 radical (unpaired) electrons. The van der Waals surface area contributed by atoms with Crippen LogP contribution in [0.2, 0.25) is 0 Å². The maximum atomic E-state index is 13.8. The topological polar surface area (TPSA) is 81.9 Å². The van der Waals surface area contributed by atoms with E-state index in [0.29, 0.717) is 13.0 Å². The third kappa shape index (κ3) is 4.43. The first-order chi connectivity index (χ1) is 14.2. The van der Waals surface area contributed by atoms with Crippen molar-refractivity contribution >= 4 is 27.8 Å². The smallest absolute Gasteiger partial charge is 0.329 e. The predicted octanol–water partition coefficient (Wildman–Crippen LogP) is 3.82. The molecule has 0 unspecified atom stereocenters. The van der Waals surface area contributed by atoms with E-state index in [4.69, 9.17) is 15.2 Å². The van der Waals surface area contributed by atoms with Crippen LogP contribution in [0.25, 0.3) is 0 Å². The van der Waals surface area contributed by atoms with Crippen LogP contribution in [0.1, 0.15) is 58.6 Å². The van der Waals surface area contributed by atoms with Crippen LogP contribution in [0, 0.1) is 11.3 Å². The van der Waals surface area contributed by atoms with Gasteiger partial charge in [-0.25, -0.2) is 4.79 Å². The van der Waals surface area contributed by atoms with E-state index < -0.39 is 30.2 Å². The first kappa shape index (κ1) is 23.2. The average Bonchev–Trinajstić information content (AvgIpc) is 3.02. The van der Waals surface area contributed by atoms with Gasteiger partial charge in [-0.15, -0.1) is 0 Å². The standard InChI is InChI=1S/C23H33BrN2O4/c1-5-29-22(28)20-17(23(2,3)4)18(25)19(14-10-6-7-11-15(14)24)26(20)21(27)16-12-8-9-13-30-16/h6-7,10-11,16-20H,5,8-9,12-13,25H2,1-4H3/t16-,17-,18-,19-,20-/m0/s1. The summed E-state index contributed by atoms with van der Waals surface area (Å²) in [6.07, 6.45) is 1.99. The Kier molecular flexibility index (Phi) is 7.25. The molecule has 2 heterocycles. The summed E-state index contributed by atoms with van der Waals surface area (Å²) in [6.45, 7) is 8.77. The molecule has 2 fully saturated rings. The van der Waals surface area contributed by atoms with Gasteiger partial charge in [0.15, 0.2) is 0 Å². The van der Waals surface area contributed by atoms with Gasteiger partial charge in [-0.2, -0.15) is 0 Å². The Balaban J connectivity index is 2.13. The summed E-state index contributed by atoms with van der Waals surface area (Å²) in [5, 5.41) is 0. The van der Waals surface area contributed by atoms with Crippen LogP contribution in [-0.4, -0.2) is 48.2 Å². The number of rotatable bonds is 4. The van der Waals surface area contributed by atoms with Crippen LogP contribution < -0.4 is 5.73 Å². The largest absolute Gasteiger partial charge is 0.464 e. The highest BCUT2D eigenvalue weighted by molar-refractivity contribution is 9.10. The zero-order valence-electron chi connectivity index (χ0n) is 18.3. The Morgan fingerprint density at radius 2 is 1.97 bits per heavy atom. The molecule has 30 heavy (non-hydrogen) atoms. The predicted molar refractivity (Wildman–Crippen MR) is 119 cm³/mol. The molecular weight excluding hydrogens is 448 g/mol. The number of halogens is 1. The molecule has 1 amide bonds. The van der Waals surface area contributed by atoms with Crippen LogP contribution in [0.3, 0.4) is 0 Å². The number of hydrogen-bond donors (Lipinski definition) is 1. The number of likely N-dealkylation sites (tertiary alicyclic amines) is 1. The number of benzene rings is 1. The second kappa shape index (κ2) is 9.37. The minimum atomic E-state index is -0.755. The molecule has 1 aromatic rings. The van der Waals surface area contributed by atoms with Crippen LogP contribution >= 0.6 is 15.9 Å². The summed E-state index contributed by atoms with van der Waals surface area (Å²) in [5.74, 6) is -0.830. The number of amides is 1. The van der Waals surface area contributed by atoms with Gasteiger partial charge in [-0.3, -0.25) is 4.79 Å². The molecule has 166 valence electrons. The first-order valence-electron chi connectivity index (χ1n) is 10.8. The fourth-order valence-electron chi connectivity index (χ4n) is 4.93. The molecule has 0 spiro atoms. The van der Waals surface area contributed by atoms with E-state index in [-0.39, 0.29) is 23.8 Å². The molecule has 2 saturated heterocycles. The van der Waals surface area contributed by atoms with E-state index in [0.717, 1.165) is 22.9 Å². The van der Waals surface area contributed by atoms with Crippen molar-refractivity contribution in [1.82, 2.24) is 4.90 Å². The molecule has 2 N–H and O–H groups in total. The summed E-state index contributed by atoms with van der Waals surface area (Å²) in [4.78, 5) is 28.6. The molecule has 7 heteroatoms. The lowest BCUT2D eigenvalue weighted by atomic mass is 9.73. The Hall–Kier alpha value is -1.44. The van der Waals surface area contributed by atoms with Crippen LogP contribution in [0.15, 0.2) is 28.7 Å². The number of nitrogens with zero attached hydrogens (tertiary/aromatic N) is 1. The lowest BCUT2D eigenvalue weighted by molar-refractivity contribution is -0.162. The monoisotopic (exact) mass is 480 g/mol. The number of ether oxygens (including phenoxy) is 2. The van der Waals surface area contributed by atoms with Crippen LogP contribution in [0.4, 0.5) is 0 Å². The summed E-state index contributed by atoms with van der Waals surface area (Å²) in [6, 6.07) is 6.12. The second-order valence-electron chi connectivity index (χ2n) is 9.23. The van der Waals surface area contributed by atoms with Crippen molar-refractivity contribution in [3.05, 3.63) is 34.3 Å². The molecule has 0 bridgehead atoms. The quantitative estimate of drug-likeness (QED) is 0.662. The molecule has 1 aromatic carbocycles. The summed E-state index contributed by atoms with van der Waals surface area (Å²) in [7, 11) is 0. The molecule has 2 aliphatic heterocycles. The lowest BCUT2D eigenvalue weighted by Gasteiger charge is -2.36. The number of nitrogens with two attached hydrogens (primary N) is 1. The molecule has 0 saturated carbocycles. The number of carbonyl (C=O) groups is 2. The van der Waals surface area contributed by atoms with Crippen molar-refractivity contribution in [2.24, 2.45) is 17.1 Å². The van der Waals surface area contributed by atoms with Crippen molar-refractivity contribution in [3.8, 4) is 0 Å². The highest BCUT2D eigenvalue weighted by Gasteiger charge is 2.58. The van der Waals surface area contributed by atoms with E-state index in [9.17, 15) is 9.59 Å². The maximum absolute atomic E-state index is 13.8. The zero-order valence-corrected chi connectivity index (χ0v) is 19.9. The summed E-state index contributed by atoms with van der Waals surface area (Å²) < 4.78 is 12.1. The number of carbonyl (C=O) groups excluding carboxylic acids is 2. The highest BCUT2D eigenvalue weighted by Crippen LogP contribution is 2.49. The number of esters is 1. The molecule has 3 rings (SSSR count). The average molecular weight is 481 g/mol. The van der Waals surface area contributed by atoms with Gasteiger partial charge < -0.3 is 20.1 Å². The minimum Gasteiger partial charge on any atom is -0.464 e. The molecule has 0 aromatic heterocycles. The van der Waals surface area contributed by atoms with E-state index in [1.165, 1.54) is 0 Å². The fourth-order valence-corrected chi connectivity index (χ4v) is 5.44. The van der Waals surface area contributed by atoms with Gasteiger partial charge in [0.05, 0.1) is 12.6 Å². The van der Waals surface area contributed by atoms with Crippen molar-refractivity contribution in [1.29, 1.82) is 0 Å². The normalized spacial score (nSPS) is 29.7. The van der Waals surface area contributed by atoms with Crippen LogP contribution in [0.5, 0.6) is 0 Å². The maximum Gasteiger partial charge on any atom is 0.329 e. The van der Waals surface area contributed by atoms with Crippen molar-refractivity contribution < 1.29 is 19.1 Å². The van der Waals surface area contributed by atoms with E-state index >= 15 is 0 Å². The molecular formula is C23H33BrN2O4. The highest BCUT2D eigenvalue weighted by atomic mass is 79.9. The zero-order chi connectivity index (χ0) is 22.1. The van der Waals surface area contributed by atoms with Gasteiger partial charge in [0.25, 0.3) is 5.91 Å².